The molecule has 1 saturated heterocycles. The van der Waals surface area contributed by atoms with Gasteiger partial charge in [-0.25, -0.2) is 27.1 Å². The molecule has 1 aliphatic heterocycles. The second-order valence-electron chi connectivity index (χ2n) is 7.85. The van der Waals surface area contributed by atoms with Crippen LogP contribution < -0.4 is 0 Å². The van der Waals surface area contributed by atoms with Gasteiger partial charge in [-0.1, -0.05) is 24.8 Å². The Bertz CT molecular complexity index is 1100. The summed E-state index contributed by atoms with van der Waals surface area (Å²) < 4.78 is 58.3. The van der Waals surface area contributed by atoms with Crippen molar-refractivity contribution in [3.63, 3.8) is 0 Å². The summed E-state index contributed by atoms with van der Waals surface area (Å²) in [4.78, 5) is 9.78. The molecule has 1 aliphatic rings. The first kappa shape index (κ1) is 20.3. The Labute approximate surface area is 171 Å². The minimum absolute atomic E-state index is 0.185. The first-order chi connectivity index (χ1) is 14.0. The molecule has 0 saturated carbocycles. The number of nitrogens with zero attached hydrogens (tertiary/aromatic N) is 5. The van der Waals surface area contributed by atoms with Gasteiger partial charge in [0.2, 0.25) is 0 Å². The van der Waals surface area contributed by atoms with Crippen LogP contribution in [0.5, 0.6) is 0 Å². The third kappa shape index (κ3) is 3.88. The number of alkyl halides is 4. The quantitative estimate of drug-likeness (QED) is 0.578. The molecule has 3 aromatic rings. The maximum Gasteiger partial charge on any atom is 0.270 e. The number of likely N-dealkylation sites (tertiary alicyclic amines) is 1. The fraction of sp³-hybridized carbons (Fsp3) is 0.381. The lowest BCUT2D eigenvalue weighted by molar-refractivity contribution is -0.0575. The van der Waals surface area contributed by atoms with Gasteiger partial charge in [0, 0.05) is 42.8 Å². The van der Waals surface area contributed by atoms with Crippen molar-refractivity contribution in [2.75, 3.05) is 13.1 Å². The minimum atomic E-state index is -3.03. The van der Waals surface area contributed by atoms with E-state index in [0.717, 1.165) is 6.92 Å². The highest BCUT2D eigenvalue weighted by Crippen LogP contribution is 2.39. The van der Waals surface area contributed by atoms with E-state index in [1.165, 1.54) is 33.9 Å². The summed E-state index contributed by atoms with van der Waals surface area (Å²) in [6.45, 7) is 6.23. The summed E-state index contributed by atoms with van der Waals surface area (Å²) in [7, 11) is 0. The van der Waals surface area contributed by atoms with E-state index in [0.29, 0.717) is 22.7 Å². The highest BCUT2D eigenvalue weighted by atomic mass is 19.3. The maximum atomic E-state index is 14.7. The van der Waals surface area contributed by atoms with Crippen molar-refractivity contribution < 1.29 is 17.6 Å². The fourth-order valence-electron chi connectivity index (χ4n) is 3.91. The molecule has 0 aliphatic carbocycles. The molecule has 0 spiro atoms. The second-order valence-corrected chi connectivity index (χ2v) is 7.85. The van der Waals surface area contributed by atoms with Gasteiger partial charge in [0.15, 0.2) is 0 Å². The number of piperidine rings is 1. The molecule has 2 aromatic heterocycles. The van der Waals surface area contributed by atoms with Gasteiger partial charge in [0.1, 0.15) is 6.33 Å². The van der Waals surface area contributed by atoms with Crippen LogP contribution in [0.2, 0.25) is 0 Å². The predicted octanol–water partition coefficient (Wildman–Crippen LogP) is 4.64. The molecule has 9 heteroatoms. The number of aryl methyl sites for hydroxylation is 1. The fourth-order valence-corrected chi connectivity index (χ4v) is 3.91. The Morgan fingerprint density at radius 2 is 2.03 bits per heavy atom. The summed E-state index contributed by atoms with van der Waals surface area (Å²) in [6, 6.07) is 7.43. The molecule has 0 radical (unpaired) electrons. The number of halogens is 4. The molecule has 158 valence electrons. The minimum Gasteiger partial charge on any atom is -0.365 e. The Balaban J connectivity index is 1.68. The van der Waals surface area contributed by atoms with E-state index in [-0.39, 0.29) is 24.2 Å². The summed E-state index contributed by atoms with van der Waals surface area (Å²) in [6.07, 6.45) is 0.974. The predicted molar refractivity (Wildman–Crippen MR) is 104 cm³/mol. The van der Waals surface area contributed by atoms with E-state index >= 15 is 0 Å². The van der Waals surface area contributed by atoms with Crippen molar-refractivity contribution in [1.82, 2.24) is 24.5 Å². The van der Waals surface area contributed by atoms with Crippen molar-refractivity contribution in [2.24, 2.45) is 0 Å². The van der Waals surface area contributed by atoms with Crippen LogP contribution in [0.1, 0.15) is 41.8 Å². The van der Waals surface area contributed by atoms with Gasteiger partial charge in [-0.15, -0.1) is 0 Å². The summed E-state index contributed by atoms with van der Waals surface area (Å²) in [5, 5.41) is 4.12. The Morgan fingerprint density at radius 1 is 1.27 bits per heavy atom. The lowest BCUT2D eigenvalue weighted by Gasteiger charge is -2.40. The second kappa shape index (κ2) is 7.07. The summed E-state index contributed by atoms with van der Waals surface area (Å²) >= 11 is 0. The van der Waals surface area contributed by atoms with Gasteiger partial charge in [0.25, 0.3) is 17.6 Å². The molecular weight excluding hydrogens is 398 g/mol. The highest BCUT2D eigenvalue weighted by Gasteiger charge is 2.42. The third-order valence-corrected chi connectivity index (χ3v) is 5.32. The van der Waals surface area contributed by atoms with E-state index in [9.17, 15) is 17.6 Å². The molecule has 5 nitrogen and oxygen atoms in total. The average Bonchev–Trinajstić information content (AvgIpc) is 3.13. The van der Waals surface area contributed by atoms with E-state index in [1.54, 1.807) is 19.1 Å². The van der Waals surface area contributed by atoms with Gasteiger partial charge in [-0.2, -0.15) is 10.1 Å². The van der Waals surface area contributed by atoms with E-state index in [1.807, 2.05) is 0 Å². The Kier molecular flexibility index (Phi) is 4.79. The molecule has 1 fully saturated rings. The average molecular weight is 419 g/mol. The van der Waals surface area contributed by atoms with Crippen LogP contribution in [0.3, 0.4) is 0 Å². The van der Waals surface area contributed by atoms with Gasteiger partial charge in [0.05, 0.1) is 12.2 Å². The van der Waals surface area contributed by atoms with Crippen molar-refractivity contribution >= 4 is 11.5 Å². The van der Waals surface area contributed by atoms with Crippen molar-refractivity contribution in [2.45, 2.75) is 38.0 Å². The normalized spacial score (nSPS) is 19.3. The van der Waals surface area contributed by atoms with E-state index in [4.69, 9.17) is 0 Å². The molecule has 0 amide bonds. The zero-order chi connectivity index (χ0) is 21.7. The molecular formula is C21H21F4N5. The Morgan fingerprint density at radius 3 is 2.77 bits per heavy atom. The van der Waals surface area contributed by atoms with Crippen LogP contribution in [-0.2, 0) is 5.92 Å². The molecule has 4 rings (SSSR count). The third-order valence-electron chi connectivity index (χ3n) is 5.32. The highest BCUT2D eigenvalue weighted by molar-refractivity contribution is 5.63. The van der Waals surface area contributed by atoms with Crippen molar-refractivity contribution in [3.8, 4) is 0 Å². The number of hydrogen-bond acceptors (Lipinski definition) is 4. The van der Waals surface area contributed by atoms with Crippen LogP contribution in [0.4, 0.5) is 17.6 Å². The lowest BCUT2D eigenvalue weighted by Crippen LogP contribution is -2.45. The molecule has 0 N–H and O–H groups in total. The van der Waals surface area contributed by atoms with E-state index in [2.05, 4.69) is 21.6 Å². The zero-order valence-corrected chi connectivity index (χ0v) is 16.6. The van der Waals surface area contributed by atoms with Gasteiger partial charge in [-0.05, 0) is 24.6 Å². The SMILES string of the molecule is C=C(c1cccc(C(C)(F)F)c1)N1CC(c2cc(C)nc3ncnn23)CC(F)(F)C1. The Hall–Kier alpha value is -2.97. The standard InChI is InChI=1S/C21H21F4N5/c1-13-7-18(30-19(28-13)26-12-27-30)16-9-21(24,25)11-29(10-16)14(2)15-5-4-6-17(8-15)20(3,22)23/h4-8,12,16H,2,9-11H2,1,3H3. The van der Waals surface area contributed by atoms with Gasteiger partial charge >= 0.3 is 0 Å². The van der Waals surface area contributed by atoms with Crippen molar-refractivity contribution in [3.05, 3.63) is 65.8 Å². The zero-order valence-electron chi connectivity index (χ0n) is 16.6. The van der Waals surface area contributed by atoms with Crippen LogP contribution in [-0.4, -0.2) is 43.5 Å². The first-order valence-corrected chi connectivity index (χ1v) is 9.51. The summed E-state index contributed by atoms with van der Waals surface area (Å²) in [5.41, 5.74) is 1.73. The molecule has 0 bridgehead atoms. The molecule has 1 atom stereocenters. The maximum absolute atomic E-state index is 14.7. The summed E-state index contributed by atoms with van der Waals surface area (Å²) in [5.74, 6) is -6.23. The number of aromatic nitrogens is 4. The topological polar surface area (TPSA) is 46.3 Å². The number of fused-ring (bicyclic) bond motifs is 1. The van der Waals surface area contributed by atoms with Gasteiger partial charge < -0.3 is 4.90 Å². The number of benzene rings is 1. The largest absolute Gasteiger partial charge is 0.365 e. The van der Waals surface area contributed by atoms with Crippen LogP contribution in [0.25, 0.3) is 11.5 Å². The molecule has 30 heavy (non-hydrogen) atoms. The lowest BCUT2D eigenvalue weighted by atomic mass is 9.90. The van der Waals surface area contributed by atoms with Crippen LogP contribution in [0, 0.1) is 6.92 Å². The van der Waals surface area contributed by atoms with E-state index < -0.39 is 24.3 Å². The number of hydrogen-bond donors (Lipinski definition) is 0. The van der Waals surface area contributed by atoms with Gasteiger partial charge in [-0.3, -0.25) is 0 Å². The first-order valence-electron chi connectivity index (χ1n) is 9.51. The molecule has 1 unspecified atom stereocenters. The monoisotopic (exact) mass is 419 g/mol. The van der Waals surface area contributed by atoms with Crippen LogP contribution in [0.15, 0.2) is 43.2 Å². The molecule has 1 aromatic carbocycles. The van der Waals surface area contributed by atoms with Crippen molar-refractivity contribution in [1.29, 1.82) is 0 Å². The number of rotatable bonds is 4. The van der Waals surface area contributed by atoms with Crippen LogP contribution >= 0.6 is 0 Å². The molecule has 3 heterocycles. The smallest absolute Gasteiger partial charge is 0.270 e.